The molecule has 1 heterocycles. The van der Waals surface area contributed by atoms with E-state index in [0.29, 0.717) is 0 Å². The fourth-order valence-corrected chi connectivity index (χ4v) is 1.59. The second-order valence-electron chi connectivity index (χ2n) is 3.03. The number of imidazole rings is 1. The third-order valence-electron chi connectivity index (χ3n) is 1.80. The smallest absolute Gasteiger partial charge is 0.243 e. The van der Waals surface area contributed by atoms with Crippen molar-refractivity contribution in [3.63, 3.8) is 0 Å². The van der Waals surface area contributed by atoms with Gasteiger partial charge >= 0.3 is 0 Å². The number of aromatic nitrogens is 2. The normalized spacial score (nSPS) is 13.1. The maximum atomic E-state index is 10.2. The second kappa shape index (κ2) is 5.14. The zero-order valence-corrected chi connectivity index (χ0v) is 8.50. The van der Waals surface area contributed by atoms with Crippen LogP contribution in [0.2, 0.25) is 0 Å². The minimum Gasteiger partial charge on any atom is -0.772 e. The van der Waals surface area contributed by atoms with Crippen molar-refractivity contribution in [3.8, 4) is 0 Å². The fraction of sp³-hybridized carbons (Fsp3) is 0.625. The Bertz CT molecular complexity index is 285. The molecule has 4 nitrogen and oxygen atoms in total. The molecular formula is C8H14N2O2S. The zero-order chi connectivity index (χ0) is 9.68. The topological polar surface area (TPSA) is 48.9 Å². The molecule has 0 fully saturated rings. The highest BCUT2D eigenvalue weighted by molar-refractivity contribution is 7.79. The largest absolute Gasteiger partial charge is 0.772 e. The molecule has 0 saturated heterocycles. The number of nitrogens with zero attached hydrogens (tertiary/aromatic N) is 2. The highest BCUT2D eigenvalue weighted by atomic mass is 32.2. The van der Waals surface area contributed by atoms with Crippen molar-refractivity contribution < 1.29 is 13.3 Å². The second-order valence-corrected chi connectivity index (χ2v) is 4.05. The standard InChI is InChI=1S/C8H14N2O2S/c1-9-5-6-10(8-9)4-2-3-7-13(11)12/h5-6,8H,2-4,7H2,1H3. The van der Waals surface area contributed by atoms with E-state index in [1.807, 2.05) is 34.9 Å². The molecule has 1 aromatic heterocycles. The van der Waals surface area contributed by atoms with Gasteiger partial charge < -0.3 is 4.55 Å². The summed E-state index contributed by atoms with van der Waals surface area (Å²) in [7, 11) is 1.96. The Hall–Kier alpha value is -0.680. The fourth-order valence-electron chi connectivity index (χ4n) is 1.15. The molecule has 0 aromatic carbocycles. The van der Waals surface area contributed by atoms with Gasteiger partial charge in [-0.05, 0) is 12.8 Å². The molecule has 74 valence electrons. The van der Waals surface area contributed by atoms with Crippen LogP contribution in [0.1, 0.15) is 12.8 Å². The van der Waals surface area contributed by atoms with Gasteiger partial charge in [0.2, 0.25) is 6.33 Å². The van der Waals surface area contributed by atoms with Crippen LogP contribution in [-0.2, 0) is 24.7 Å². The predicted octanol–water partition coefficient (Wildman–Crippen LogP) is -0.0281. The molecule has 0 radical (unpaired) electrons. The molecule has 0 spiro atoms. The van der Waals surface area contributed by atoms with E-state index in [1.54, 1.807) is 0 Å². The molecule has 0 saturated carbocycles. The molecule has 0 aliphatic rings. The highest BCUT2D eigenvalue weighted by Gasteiger charge is 1.98. The van der Waals surface area contributed by atoms with Gasteiger partial charge in [0.15, 0.2) is 0 Å². The van der Waals surface area contributed by atoms with Crippen molar-refractivity contribution in [2.75, 3.05) is 5.75 Å². The van der Waals surface area contributed by atoms with E-state index in [2.05, 4.69) is 0 Å². The summed E-state index contributed by atoms with van der Waals surface area (Å²) < 4.78 is 24.4. The Labute approximate surface area is 80.5 Å². The van der Waals surface area contributed by atoms with E-state index in [9.17, 15) is 8.76 Å². The van der Waals surface area contributed by atoms with Crippen LogP contribution in [0.3, 0.4) is 0 Å². The van der Waals surface area contributed by atoms with Crippen LogP contribution < -0.4 is 4.57 Å². The van der Waals surface area contributed by atoms with E-state index in [1.165, 1.54) is 0 Å². The molecule has 0 amide bonds. The summed E-state index contributed by atoms with van der Waals surface area (Å²) in [6.07, 6.45) is 7.56. The first-order valence-corrected chi connectivity index (χ1v) is 5.50. The lowest BCUT2D eigenvalue weighted by Gasteiger charge is -2.02. The number of rotatable bonds is 5. The molecule has 13 heavy (non-hydrogen) atoms. The summed E-state index contributed by atoms with van der Waals surface area (Å²) in [5.74, 6) is 0.271. The Morgan fingerprint density at radius 3 is 2.85 bits per heavy atom. The van der Waals surface area contributed by atoms with Gasteiger partial charge in [-0.25, -0.2) is 9.13 Å². The van der Waals surface area contributed by atoms with E-state index in [0.717, 1.165) is 19.4 Å². The van der Waals surface area contributed by atoms with Crippen molar-refractivity contribution in [1.29, 1.82) is 0 Å². The van der Waals surface area contributed by atoms with Crippen LogP contribution in [0.4, 0.5) is 0 Å². The quantitative estimate of drug-likeness (QED) is 0.382. The summed E-state index contributed by atoms with van der Waals surface area (Å²) in [6, 6.07) is 0. The molecular weight excluding hydrogens is 188 g/mol. The Kier molecular flexibility index (Phi) is 4.11. The van der Waals surface area contributed by atoms with Crippen LogP contribution in [0.25, 0.3) is 0 Å². The highest BCUT2D eigenvalue weighted by Crippen LogP contribution is 1.95. The van der Waals surface area contributed by atoms with E-state index >= 15 is 0 Å². The van der Waals surface area contributed by atoms with Crippen LogP contribution in [0, 0.1) is 0 Å². The van der Waals surface area contributed by atoms with Crippen molar-refractivity contribution in [2.24, 2.45) is 7.05 Å². The first-order valence-electron chi connectivity index (χ1n) is 4.25. The van der Waals surface area contributed by atoms with Crippen molar-refractivity contribution >= 4 is 11.1 Å². The lowest BCUT2D eigenvalue weighted by atomic mass is 10.3. The van der Waals surface area contributed by atoms with Gasteiger partial charge in [0, 0.05) is 5.75 Å². The minimum atomic E-state index is -1.88. The van der Waals surface area contributed by atoms with Crippen molar-refractivity contribution in [1.82, 2.24) is 4.57 Å². The number of aryl methyl sites for hydroxylation is 2. The SMILES string of the molecule is C[n+]1ccn(CCCCS(=O)[O-])c1. The Morgan fingerprint density at radius 2 is 2.31 bits per heavy atom. The average Bonchev–Trinajstić information content (AvgIpc) is 2.45. The van der Waals surface area contributed by atoms with E-state index in [-0.39, 0.29) is 5.75 Å². The third-order valence-corrected chi connectivity index (χ3v) is 2.42. The number of unbranched alkanes of at least 4 members (excludes halogenated alkanes) is 1. The van der Waals surface area contributed by atoms with E-state index in [4.69, 9.17) is 0 Å². The van der Waals surface area contributed by atoms with Gasteiger partial charge in [-0.1, -0.05) is 11.1 Å². The summed E-state index contributed by atoms with van der Waals surface area (Å²) in [6.45, 7) is 0.887. The zero-order valence-electron chi connectivity index (χ0n) is 7.68. The van der Waals surface area contributed by atoms with Gasteiger partial charge in [-0.15, -0.1) is 0 Å². The van der Waals surface area contributed by atoms with Crippen LogP contribution in [0.15, 0.2) is 18.7 Å². The molecule has 5 heteroatoms. The van der Waals surface area contributed by atoms with E-state index < -0.39 is 11.1 Å². The first kappa shape index (κ1) is 10.4. The van der Waals surface area contributed by atoms with Crippen molar-refractivity contribution in [2.45, 2.75) is 19.4 Å². The van der Waals surface area contributed by atoms with Gasteiger partial charge in [0.05, 0.1) is 13.6 Å². The summed E-state index contributed by atoms with van der Waals surface area (Å²) in [5.41, 5.74) is 0. The van der Waals surface area contributed by atoms with Gasteiger partial charge in [-0.3, -0.25) is 4.21 Å². The van der Waals surface area contributed by atoms with Gasteiger partial charge in [0.25, 0.3) is 0 Å². The average molecular weight is 202 g/mol. The predicted molar refractivity (Wildman–Crippen MR) is 48.6 cm³/mol. The molecule has 1 unspecified atom stereocenters. The van der Waals surface area contributed by atoms with Gasteiger partial charge in [-0.2, -0.15) is 0 Å². The van der Waals surface area contributed by atoms with Gasteiger partial charge in [0.1, 0.15) is 12.4 Å². The maximum Gasteiger partial charge on any atom is 0.243 e. The molecule has 1 atom stereocenters. The Morgan fingerprint density at radius 1 is 1.54 bits per heavy atom. The van der Waals surface area contributed by atoms with Crippen LogP contribution in [-0.4, -0.2) is 19.1 Å². The van der Waals surface area contributed by atoms with Crippen molar-refractivity contribution in [3.05, 3.63) is 18.7 Å². The molecule has 0 bridgehead atoms. The lowest BCUT2D eigenvalue weighted by Crippen LogP contribution is -2.23. The summed E-state index contributed by atoms with van der Waals surface area (Å²) in [4.78, 5) is 0. The number of hydrogen-bond acceptors (Lipinski definition) is 2. The molecule has 1 aromatic rings. The lowest BCUT2D eigenvalue weighted by molar-refractivity contribution is -0.671. The summed E-state index contributed by atoms with van der Waals surface area (Å²) in [5, 5.41) is 0. The monoisotopic (exact) mass is 202 g/mol. The number of hydrogen-bond donors (Lipinski definition) is 0. The molecule has 0 aliphatic carbocycles. The Balaban J connectivity index is 2.16. The molecule has 1 rings (SSSR count). The molecule has 0 N–H and O–H groups in total. The van der Waals surface area contributed by atoms with Crippen LogP contribution in [0.5, 0.6) is 0 Å². The maximum absolute atomic E-state index is 10.2. The molecule has 0 aliphatic heterocycles. The first-order chi connectivity index (χ1) is 6.18. The summed E-state index contributed by atoms with van der Waals surface area (Å²) >= 11 is -1.88. The minimum absolute atomic E-state index is 0.271. The van der Waals surface area contributed by atoms with Crippen LogP contribution >= 0.6 is 0 Å². The third kappa shape index (κ3) is 4.19.